The number of aromatic nitrogens is 2. The zero-order valence-electron chi connectivity index (χ0n) is 13.2. The molecule has 0 atom stereocenters. The number of amides is 1. The first kappa shape index (κ1) is 16.0. The van der Waals surface area contributed by atoms with Crippen LogP contribution in [0, 0.1) is 20.8 Å². The summed E-state index contributed by atoms with van der Waals surface area (Å²) in [5.74, 6) is 0.310. The van der Waals surface area contributed by atoms with Crippen LogP contribution in [0.3, 0.4) is 0 Å². The third kappa shape index (κ3) is 3.54. The van der Waals surface area contributed by atoms with Gasteiger partial charge in [0.05, 0.1) is 16.0 Å². The Bertz CT molecular complexity index is 850. The first-order valence-corrected chi connectivity index (χ1v) is 9.10. The molecule has 6 heteroatoms. The van der Waals surface area contributed by atoms with Crippen molar-refractivity contribution in [3.05, 3.63) is 46.6 Å². The lowest BCUT2D eigenvalue weighted by atomic mass is 10.1. The van der Waals surface area contributed by atoms with Gasteiger partial charge in [0, 0.05) is 5.69 Å². The molecular formula is C17H17N3OS2. The fourth-order valence-corrected chi connectivity index (χ4v) is 4.30. The number of nitrogens with zero attached hydrogens (tertiary/aromatic N) is 2. The molecule has 2 heterocycles. The number of hydrogen-bond donors (Lipinski definition) is 1. The normalized spacial score (nSPS) is 10.9. The fraction of sp³-hybridized carbons (Fsp3) is 0.235. The van der Waals surface area contributed by atoms with Crippen LogP contribution in [0.15, 0.2) is 34.9 Å². The third-order valence-electron chi connectivity index (χ3n) is 3.49. The Morgan fingerprint density at radius 2 is 1.96 bits per heavy atom. The number of hydrogen-bond acceptors (Lipinski definition) is 5. The average Bonchev–Trinajstić information content (AvgIpc) is 2.97. The zero-order chi connectivity index (χ0) is 16.4. The van der Waals surface area contributed by atoms with Crippen molar-refractivity contribution >= 4 is 44.9 Å². The molecule has 2 aromatic heterocycles. The summed E-state index contributed by atoms with van der Waals surface area (Å²) in [7, 11) is 0. The summed E-state index contributed by atoms with van der Waals surface area (Å²) in [5, 5.41) is 5.87. The quantitative estimate of drug-likeness (QED) is 0.565. The molecule has 0 saturated carbocycles. The summed E-state index contributed by atoms with van der Waals surface area (Å²) in [5.41, 5.74) is 5.21. The van der Waals surface area contributed by atoms with Gasteiger partial charge in [0.15, 0.2) is 0 Å². The topological polar surface area (TPSA) is 54.9 Å². The Morgan fingerprint density at radius 1 is 1.22 bits per heavy atom. The third-order valence-corrected chi connectivity index (χ3v) is 5.52. The van der Waals surface area contributed by atoms with Crippen LogP contribution < -0.4 is 5.32 Å². The van der Waals surface area contributed by atoms with Crippen LogP contribution in [0.4, 0.5) is 5.69 Å². The van der Waals surface area contributed by atoms with E-state index in [1.54, 1.807) is 17.7 Å². The van der Waals surface area contributed by atoms with Gasteiger partial charge in [-0.05, 0) is 43.3 Å². The average molecular weight is 343 g/mol. The molecule has 1 N–H and O–H groups in total. The van der Waals surface area contributed by atoms with Gasteiger partial charge in [0.2, 0.25) is 5.91 Å². The van der Waals surface area contributed by atoms with Gasteiger partial charge in [-0.25, -0.2) is 9.97 Å². The molecule has 1 amide bonds. The van der Waals surface area contributed by atoms with E-state index < -0.39 is 0 Å². The summed E-state index contributed by atoms with van der Waals surface area (Å²) in [6.07, 6.45) is 1.55. The van der Waals surface area contributed by atoms with Crippen LogP contribution in [-0.2, 0) is 4.79 Å². The maximum Gasteiger partial charge on any atom is 0.234 e. The summed E-state index contributed by atoms with van der Waals surface area (Å²) in [6.45, 7) is 6.09. The van der Waals surface area contributed by atoms with Crippen molar-refractivity contribution in [1.82, 2.24) is 9.97 Å². The van der Waals surface area contributed by atoms with Gasteiger partial charge in [-0.1, -0.05) is 29.5 Å². The summed E-state index contributed by atoms with van der Waals surface area (Å²) in [6, 6.07) is 6.12. The minimum absolute atomic E-state index is 0.0200. The molecule has 4 nitrogen and oxygen atoms in total. The molecule has 0 aliphatic heterocycles. The van der Waals surface area contributed by atoms with Gasteiger partial charge >= 0.3 is 0 Å². The van der Waals surface area contributed by atoms with Gasteiger partial charge in [-0.15, -0.1) is 11.3 Å². The van der Waals surface area contributed by atoms with Gasteiger partial charge in [0.1, 0.15) is 11.4 Å². The number of fused-ring (bicyclic) bond motifs is 1. The van der Waals surface area contributed by atoms with Crippen molar-refractivity contribution in [2.75, 3.05) is 11.1 Å². The Balaban J connectivity index is 1.70. The number of nitrogens with one attached hydrogen (secondary N) is 1. The standard InChI is InChI=1S/C17H17N3OS2/c1-10-6-11(2)15(12(3)7-10)20-14(21)8-23-17-16-13(4-5-22-16)18-9-19-17/h4-7,9H,8H2,1-3H3,(H,20,21). The molecule has 0 fully saturated rings. The molecule has 0 bridgehead atoms. The van der Waals surface area contributed by atoms with Crippen molar-refractivity contribution in [1.29, 1.82) is 0 Å². The number of rotatable bonds is 4. The van der Waals surface area contributed by atoms with Gasteiger partial charge in [-0.3, -0.25) is 4.79 Å². The molecule has 3 aromatic rings. The molecular weight excluding hydrogens is 326 g/mol. The van der Waals surface area contributed by atoms with E-state index in [0.717, 1.165) is 32.1 Å². The highest BCUT2D eigenvalue weighted by molar-refractivity contribution is 8.00. The zero-order valence-corrected chi connectivity index (χ0v) is 14.8. The number of thioether (sulfide) groups is 1. The second-order valence-electron chi connectivity index (χ2n) is 5.42. The SMILES string of the molecule is Cc1cc(C)c(NC(=O)CSc2ncnc3ccsc23)c(C)c1. The first-order chi connectivity index (χ1) is 11.0. The predicted octanol–water partition coefficient (Wildman–Crippen LogP) is 4.35. The number of benzene rings is 1. The maximum atomic E-state index is 12.3. The van der Waals surface area contributed by atoms with E-state index in [2.05, 4.69) is 34.3 Å². The van der Waals surface area contributed by atoms with E-state index >= 15 is 0 Å². The Morgan fingerprint density at radius 3 is 2.70 bits per heavy atom. The summed E-state index contributed by atoms with van der Waals surface area (Å²) < 4.78 is 1.04. The van der Waals surface area contributed by atoms with Gasteiger partial charge in [0.25, 0.3) is 0 Å². The van der Waals surface area contributed by atoms with Crippen LogP contribution in [0.25, 0.3) is 10.2 Å². The minimum Gasteiger partial charge on any atom is -0.325 e. The van der Waals surface area contributed by atoms with Gasteiger partial charge in [-0.2, -0.15) is 0 Å². The molecule has 0 saturated heterocycles. The van der Waals surface area contributed by atoms with Crippen molar-refractivity contribution < 1.29 is 4.79 Å². The van der Waals surface area contributed by atoms with Crippen molar-refractivity contribution in [2.45, 2.75) is 25.8 Å². The van der Waals surface area contributed by atoms with Crippen LogP contribution in [0.1, 0.15) is 16.7 Å². The van der Waals surface area contributed by atoms with E-state index in [1.165, 1.54) is 17.3 Å². The van der Waals surface area contributed by atoms with Crippen LogP contribution >= 0.6 is 23.1 Å². The number of aryl methyl sites for hydroxylation is 3. The van der Waals surface area contributed by atoms with Crippen molar-refractivity contribution in [3.8, 4) is 0 Å². The monoisotopic (exact) mass is 343 g/mol. The van der Waals surface area contributed by atoms with Gasteiger partial charge < -0.3 is 5.32 Å². The second-order valence-corrected chi connectivity index (χ2v) is 7.30. The molecule has 118 valence electrons. The highest BCUT2D eigenvalue weighted by atomic mass is 32.2. The Kier molecular flexibility index (Phi) is 4.63. The van der Waals surface area contributed by atoms with Crippen LogP contribution in [0.5, 0.6) is 0 Å². The molecule has 0 aliphatic carbocycles. The van der Waals surface area contributed by atoms with E-state index in [4.69, 9.17) is 0 Å². The lowest BCUT2D eigenvalue weighted by molar-refractivity contribution is -0.113. The molecule has 0 spiro atoms. The van der Waals surface area contributed by atoms with Crippen LogP contribution in [0.2, 0.25) is 0 Å². The predicted molar refractivity (Wildman–Crippen MR) is 97.4 cm³/mol. The Labute approximate surface area is 143 Å². The van der Waals surface area contributed by atoms with Crippen LogP contribution in [-0.4, -0.2) is 21.6 Å². The number of anilines is 1. The highest BCUT2D eigenvalue weighted by Gasteiger charge is 2.11. The number of carbonyl (C=O) groups is 1. The summed E-state index contributed by atoms with van der Waals surface area (Å²) in [4.78, 5) is 20.8. The highest BCUT2D eigenvalue weighted by Crippen LogP contribution is 2.29. The van der Waals surface area contributed by atoms with E-state index in [9.17, 15) is 4.79 Å². The molecule has 23 heavy (non-hydrogen) atoms. The number of thiophene rings is 1. The second kappa shape index (κ2) is 6.68. The van der Waals surface area contributed by atoms with E-state index in [-0.39, 0.29) is 5.91 Å². The lowest BCUT2D eigenvalue weighted by Crippen LogP contribution is -2.16. The van der Waals surface area contributed by atoms with E-state index in [0.29, 0.717) is 5.75 Å². The largest absolute Gasteiger partial charge is 0.325 e. The first-order valence-electron chi connectivity index (χ1n) is 7.23. The molecule has 0 radical (unpaired) electrons. The molecule has 0 aliphatic rings. The fourth-order valence-electron chi connectivity index (χ4n) is 2.56. The maximum absolute atomic E-state index is 12.3. The molecule has 0 unspecified atom stereocenters. The summed E-state index contributed by atoms with van der Waals surface area (Å²) >= 11 is 3.04. The van der Waals surface area contributed by atoms with E-state index in [1.807, 2.05) is 25.3 Å². The van der Waals surface area contributed by atoms with Crippen molar-refractivity contribution in [2.24, 2.45) is 0 Å². The smallest absolute Gasteiger partial charge is 0.234 e. The van der Waals surface area contributed by atoms with Crippen molar-refractivity contribution in [3.63, 3.8) is 0 Å². The lowest BCUT2D eigenvalue weighted by Gasteiger charge is -2.12. The number of carbonyl (C=O) groups excluding carboxylic acids is 1. The minimum atomic E-state index is -0.0200. The molecule has 1 aromatic carbocycles. The molecule has 3 rings (SSSR count). The Hall–Kier alpha value is -1.92.